The predicted molar refractivity (Wildman–Crippen MR) is 146 cm³/mol. The highest BCUT2D eigenvalue weighted by atomic mass is 79.9. The van der Waals surface area contributed by atoms with Gasteiger partial charge in [0.05, 0.1) is 28.1 Å². The maximum Gasteiger partial charge on any atom is 0.246 e. The monoisotopic (exact) mass is 542 g/mol. The van der Waals surface area contributed by atoms with Gasteiger partial charge < -0.3 is 5.32 Å². The first-order chi connectivity index (χ1) is 17.3. The second-order valence-electron chi connectivity index (χ2n) is 9.06. The minimum atomic E-state index is -0.159. The van der Waals surface area contributed by atoms with Crippen LogP contribution in [0.2, 0.25) is 0 Å². The van der Waals surface area contributed by atoms with E-state index in [1.54, 1.807) is 10.9 Å². The molecule has 0 aliphatic carbocycles. The number of amides is 1. The van der Waals surface area contributed by atoms with Crippen molar-refractivity contribution in [3.63, 3.8) is 0 Å². The molecule has 0 atom stereocenters. The molecule has 3 aromatic heterocycles. The molecule has 7 nitrogen and oxygen atoms in total. The molecule has 0 aliphatic heterocycles. The second kappa shape index (κ2) is 9.70. The fourth-order valence-corrected chi connectivity index (χ4v) is 4.81. The summed E-state index contributed by atoms with van der Waals surface area (Å²) in [5, 5.41) is 13.2. The van der Waals surface area contributed by atoms with E-state index in [-0.39, 0.29) is 12.5 Å². The van der Waals surface area contributed by atoms with Gasteiger partial charge in [0, 0.05) is 17.3 Å². The summed E-state index contributed by atoms with van der Waals surface area (Å²) in [5.41, 5.74) is 8.73. The lowest BCUT2D eigenvalue weighted by molar-refractivity contribution is -0.116. The van der Waals surface area contributed by atoms with Crippen molar-refractivity contribution in [2.45, 2.75) is 40.8 Å². The van der Waals surface area contributed by atoms with Crippen LogP contribution in [0, 0.1) is 27.7 Å². The van der Waals surface area contributed by atoms with Crippen molar-refractivity contribution >= 4 is 38.6 Å². The molecule has 0 radical (unpaired) electrons. The number of hydrogen-bond donors (Lipinski definition) is 1. The Morgan fingerprint density at radius 1 is 0.944 bits per heavy atom. The van der Waals surface area contributed by atoms with Gasteiger partial charge in [0.1, 0.15) is 6.54 Å². The highest BCUT2D eigenvalue weighted by Crippen LogP contribution is 2.30. The Hall–Kier alpha value is -3.78. The molecule has 0 bridgehead atoms. The van der Waals surface area contributed by atoms with Crippen molar-refractivity contribution in [2.75, 3.05) is 5.32 Å². The number of benzene rings is 2. The Morgan fingerprint density at radius 3 is 2.47 bits per heavy atom. The summed E-state index contributed by atoms with van der Waals surface area (Å²) in [7, 11) is 0. The number of aromatic nitrogens is 5. The van der Waals surface area contributed by atoms with Crippen molar-refractivity contribution in [3.8, 4) is 11.1 Å². The number of halogens is 1. The molecule has 5 rings (SSSR count). The second-order valence-corrected chi connectivity index (χ2v) is 9.85. The minimum absolute atomic E-state index is 0.0727. The standard InChI is InChI=1S/C28H27BrN6O/c1-17-7-5-9-22(13-17)24-11-12-30-28-26(24)18(2)32-35(28)16-25(36)31-23-10-6-8-21(14-23)15-34-20(4)27(29)19(3)33-34/h5-14H,15-16H2,1-4H3,(H,31,36). The van der Waals surface area contributed by atoms with Crippen LogP contribution in [-0.2, 0) is 17.9 Å². The van der Waals surface area contributed by atoms with E-state index in [2.05, 4.69) is 61.6 Å². The SMILES string of the molecule is Cc1cccc(-c2ccnc3c2c(C)nn3CC(=O)Nc2cccc(Cn3nc(C)c(Br)c3C)c2)c1. The Labute approximate surface area is 218 Å². The first-order valence-corrected chi connectivity index (χ1v) is 12.6. The van der Waals surface area contributed by atoms with Crippen LogP contribution in [0.25, 0.3) is 22.2 Å². The molecule has 0 aliphatic rings. The molecule has 8 heteroatoms. The summed E-state index contributed by atoms with van der Waals surface area (Å²) in [6.07, 6.45) is 1.77. The van der Waals surface area contributed by atoms with Crippen molar-refractivity contribution < 1.29 is 4.79 Å². The molecular formula is C28H27BrN6O. The average molecular weight is 543 g/mol. The number of anilines is 1. The van der Waals surface area contributed by atoms with Crippen molar-refractivity contribution in [2.24, 2.45) is 0 Å². The molecule has 1 N–H and O–H groups in total. The normalized spacial score (nSPS) is 11.2. The summed E-state index contributed by atoms with van der Waals surface area (Å²) in [6.45, 7) is 8.74. The largest absolute Gasteiger partial charge is 0.324 e. The van der Waals surface area contributed by atoms with Crippen molar-refractivity contribution in [1.29, 1.82) is 0 Å². The van der Waals surface area contributed by atoms with Crippen molar-refractivity contribution in [1.82, 2.24) is 24.5 Å². The third-order valence-electron chi connectivity index (χ3n) is 6.27. The molecule has 0 fully saturated rings. The van der Waals surface area contributed by atoms with Gasteiger partial charge in [-0.05, 0) is 78.5 Å². The maximum absolute atomic E-state index is 13.0. The van der Waals surface area contributed by atoms with E-state index >= 15 is 0 Å². The summed E-state index contributed by atoms with van der Waals surface area (Å²) < 4.78 is 4.65. The van der Waals surface area contributed by atoms with E-state index in [4.69, 9.17) is 0 Å². The first kappa shape index (κ1) is 23.9. The maximum atomic E-state index is 13.0. The zero-order valence-corrected chi connectivity index (χ0v) is 22.3. The van der Waals surface area contributed by atoms with Gasteiger partial charge in [0.25, 0.3) is 0 Å². The van der Waals surface area contributed by atoms with Gasteiger partial charge >= 0.3 is 0 Å². The van der Waals surface area contributed by atoms with Crippen LogP contribution < -0.4 is 5.32 Å². The van der Waals surface area contributed by atoms with Crippen LogP contribution in [0.5, 0.6) is 0 Å². The summed E-state index contributed by atoms with van der Waals surface area (Å²) in [6, 6.07) is 18.2. The van der Waals surface area contributed by atoms with Crippen LogP contribution in [0.4, 0.5) is 5.69 Å². The summed E-state index contributed by atoms with van der Waals surface area (Å²) >= 11 is 3.58. The topological polar surface area (TPSA) is 77.6 Å². The molecule has 0 spiro atoms. The lowest BCUT2D eigenvalue weighted by Crippen LogP contribution is -2.20. The van der Waals surface area contributed by atoms with Gasteiger partial charge in [0.2, 0.25) is 5.91 Å². The third kappa shape index (κ3) is 4.68. The zero-order valence-electron chi connectivity index (χ0n) is 20.7. The quantitative estimate of drug-likeness (QED) is 0.286. The van der Waals surface area contributed by atoms with Gasteiger partial charge in [-0.25, -0.2) is 9.67 Å². The molecule has 0 saturated carbocycles. The Balaban J connectivity index is 1.36. The lowest BCUT2D eigenvalue weighted by atomic mass is 10.0. The Morgan fingerprint density at radius 2 is 1.72 bits per heavy atom. The number of hydrogen-bond acceptors (Lipinski definition) is 4. The number of nitrogens with zero attached hydrogens (tertiary/aromatic N) is 5. The van der Waals surface area contributed by atoms with Gasteiger partial charge in [-0.2, -0.15) is 10.2 Å². The van der Waals surface area contributed by atoms with Crippen LogP contribution in [0.3, 0.4) is 0 Å². The van der Waals surface area contributed by atoms with E-state index in [0.29, 0.717) is 12.2 Å². The van der Waals surface area contributed by atoms with Gasteiger partial charge in [-0.1, -0.05) is 42.0 Å². The average Bonchev–Trinajstić information content (AvgIpc) is 3.29. The number of carbonyl (C=O) groups excluding carboxylic acids is 1. The van der Waals surface area contributed by atoms with Gasteiger partial charge in [0.15, 0.2) is 5.65 Å². The fourth-order valence-electron chi connectivity index (χ4n) is 4.53. The zero-order chi connectivity index (χ0) is 25.4. The van der Waals surface area contributed by atoms with E-state index in [1.807, 2.05) is 61.9 Å². The molecule has 3 heterocycles. The number of fused-ring (bicyclic) bond motifs is 1. The van der Waals surface area contributed by atoms with E-state index in [1.165, 1.54) is 5.56 Å². The number of pyridine rings is 1. The molecule has 0 saturated heterocycles. The van der Waals surface area contributed by atoms with Crippen LogP contribution in [-0.4, -0.2) is 30.5 Å². The molecule has 182 valence electrons. The van der Waals surface area contributed by atoms with Gasteiger partial charge in [-0.15, -0.1) is 0 Å². The van der Waals surface area contributed by atoms with E-state index < -0.39 is 0 Å². The lowest BCUT2D eigenvalue weighted by Gasteiger charge is -2.09. The molecule has 1 amide bonds. The summed E-state index contributed by atoms with van der Waals surface area (Å²) in [4.78, 5) is 17.5. The molecule has 0 unspecified atom stereocenters. The summed E-state index contributed by atoms with van der Waals surface area (Å²) in [5.74, 6) is -0.159. The first-order valence-electron chi connectivity index (χ1n) is 11.8. The smallest absolute Gasteiger partial charge is 0.246 e. The van der Waals surface area contributed by atoms with Crippen LogP contribution in [0.15, 0.2) is 65.3 Å². The van der Waals surface area contributed by atoms with E-state index in [9.17, 15) is 4.79 Å². The predicted octanol–water partition coefficient (Wildman–Crippen LogP) is 5.98. The molecule has 2 aromatic carbocycles. The third-order valence-corrected chi connectivity index (χ3v) is 7.41. The number of rotatable bonds is 6. The number of nitrogens with one attached hydrogen (secondary N) is 1. The number of carbonyl (C=O) groups is 1. The van der Waals surface area contributed by atoms with Gasteiger partial charge in [-0.3, -0.25) is 9.48 Å². The molecule has 36 heavy (non-hydrogen) atoms. The van der Waals surface area contributed by atoms with Crippen LogP contribution >= 0.6 is 15.9 Å². The molecular weight excluding hydrogens is 516 g/mol. The van der Waals surface area contributed by atoms with Crippen molar-refractivity contribution in [3.05, 3.63) is 93.5 Å². The minimum Gasteiger partial charge on any atom is -0.324 e. The number of aryl methyl sites for hydroxylation is 3. The fraction of sp³-hybridized carbons (Fsp3) is 0.214. The highest BCUT2D eigenvalue weighted by molar-refractivity contribution is 9.10. The Kier molecular flexibility index (Phi) is 6.45. The molecule has 5 aromatic rings. The van der Waals surface area contributed by atoms with E-state index in [0.717, 1.165) is 49.3 Å². The highest BCUT2D eigenvalue weighted by Gasteiger charge is 2.16. The Bertz CT molecular complexity index is 1600. The van der Waals surface area contributed by atoms with Crippen LogP contribution in [0.1, 0.15) is 28.2 Å².